The van der Waals surface area contributed by atoms with Crippen LogP contribution in [0.4, 0.5) is 0 Å². The van der Waals surface area contributed by atoms with Gasteiger partial charge in [-0.2, -0.15) is 0 Å². The first-order valence-electron chi connectivity index (χ1n) is 2.73. The fourth-order valence-electron chi connectivity index (χ4n) is 0.795. The van der Waals surface area contributed by atoms with E-state index in [2.05, 4.69) is 11.4 Å². The SMILES string of the molecule is CN1CC(CCl)CS1. The van der Waals surface area contributed by atoms with Crippen LogP contribution in [0.3, 0.4) is 0 Å². The monoisotopic (exact) mass is 151 g/mol. The van der Waals surface area contributed by atoms with E-state index < -0.39 is 0 Å². The Labute approximate surface area is 59.5 Å². The third-order valence-electron chi connectivity index (χ3n) is 1.26. The normalized spacial score (nSPS) is 31.5. The van der Waals surface area contributed by atoms with E-state index in [9.17, 15) is 0 Å². The largest absolute Gasteiger partial charge is 0.253 e. The molecule has 3 heteroatoms. The molecule has 0 aromatic rings. The van der Waals surface area contributed by atoms with Crippen molar-refractivity contribution in [2.45, 2.75) is 0 Å². The molecule has 0 N–H and O–H groups in total. The van der Waals surface area contributed by atoms with Crippen molar-refractivity contribution in [1.29, 1.82) is 0 Å². The van der Waals surface area contributed by atoms with Gasteiger partial charge < -0.3 is 0 Å². The van der Waals surface area contributed by atoms with Crippen molar-refractivity contribution in [3.63, 3.8) is 0 Å². The predicted octanol–water partition coefficient (Wildman–Crippen LogP) is 1.43. The lowest BCUT2D eigenvalue weighted by molar-refractivity contribution is 0.514. The summed E-state index contributed by atoms with van der Waals surface area (Å²) in [5.74, 6) is 2.75. The van der Waals surface area contributed by atoms with Crippen LogP contribution in [0, 0.1) is 5.92 Å². The maximum atomic E-state index is 5.63. The Morgan fingerprint density at radius 2 is 2.62 bits per heavy atom. The molecule has 1 fully saturated rings. The van der Waals surface area contributed by atoms with Crippen LogP contribution in [0.5, 0.6) is 0 Å². The van der Waals surface area contributed by atoms with E-state index in [-0.39, 0.29) is 0 Å². The van der Waals surface area contributed by atoms with Gasteiger partial charge in [0.15, 0.2) is 0 Å². The minimum Gasteiger partial charge on any atom is -0.253 e. The van der Waals surface area contributed by atoms with Crippen LogP contribution in [0.15, 0.2) is 0 Å². The molecule has 48 valence electrons. The average molecular weight is 152 g/mol. The second kappa shape index (κ2) is 2.95. The molecule has 0 radical (unpaired) electrons. The van der Waals surface area contributed by atoms with Gasteiger partial charge in [0, 0.05) is 18.2 Å². The van der Waals surface area contributed by atoms with Gasteiger partial charge in [-0.25, -0.2) is 0 Å². The summed E-state index contributed by atoms with van der Waals surface area (Å²) in [5.41, 5.74) is 0. The highest BCUT2D eigenvalue weighted by atomic mass is 35.5. The van der Waals surface area contributed by atoms with Crippen LogP contribution < -0.4 is 0 Å². The average Bonchev–Trinajstić information content (AvgIpc) is 2.14. The molecule has 1 saturated heterocycles. The van der Waals surface area contributed by atoms with E-state index in [1.807, 2.05) is 11.9 Å². The highest BCUT2D eigenvalue weighted by Gasteiger charge is 2.18. The highest BCUT2D eigenvalue weighted by molar-refractivity contribution is 7.97. The molecule has 1 aliphatic rings. The van der Waals surface area contributed by atoms with Crippen molar-refractivity contribution >= 4 is 23.5 Å². The van der Waals surface area contributed by atoms with Crippen LogP contribution in [-0.2, 0) is 0 Å². The number of hydrogen-bond acceptors (Lipinski definition) is 2. The maximum Gasteiger partial charge on any atom is 0.0272 e. The van der Waals surface area contributed by atoms with Crippen molar-refractivity contribution < 1.29 is 0 Å². The molecule has 0 bridgehead atoms. The first kappa shape index (κ1) is 6.72. The van der Waals surface area contributed by atoms with Crippen molar-refractivity contribution in [3.8, 4) is 0 Å². The first-order chi connectivity index (χ1) is 3.83. The van der Waals surface area contributed by atoms with Gasteiger partial charge in [0.1, 0.15) is 0 Å². The summed E-state index contributed by atoms with van der Waals surface area (Å²) < 4.78 is 2.24. The molecule has 8 heavy (non-hydrogen) atoms. The molecular formula is C5H10ClNS. The molecule has 0 aromatic carbocycles. The summed E-state index contributed by atoms with van der Waals surface area (Å²) >= 11 is 7.51. The van der Waals surface area contributed by atoms with Crippen molar-refractivity contribution in [3.05, 3.63) is 0 Å². The third kappa shape index (κ3) is 1.54. The summed E-state index contributed by atoms with van der Waals surface area (Å²) in [6.07, 6.45) is 0. The lowest BCUT2D eigenvalue weighted by Crippen LogP contribution is -2.11. The van der Waals surface area contributed by atoms with Gasteiger partial charge in [-0.1, -0.05) is 11.9 Å². The molecule has 1 aliphatic heterocycles. The van der Waals surface area contributed by atoms with Gasteiger partial charge in [-0.15, -0.1) is 11.6 Å². The Morgan fingerprint density at radius 1 is 1.88 bits per heavy atom. The Kier molecular flexibility index (Phi) is 2.47. The van der Waals surface area contributed by atoms with E-state index in [4.69, 9.17) is 11.6 Å². The van der Waals surface area contributed by atoms with Gasteiger partial charge in [-0.05, 0) is 13.0 Å². The molecular weight excluding hydrogens is 142 g/mol. The minimum atomic E-state index is 0.728. The lowest BCUT2D eigenvalue weighted by atomic mass is 10.2. The van der Waals surface area contributed by atoms with Crippen molar-refractivity contribution in [1.82, 2.24) is 4.31 Å². The zero-order valence-electron chi connectivity index (χ0n) is 4.93. The van der Waals surface area contributed by atoms with E-state index in [1.165, 1.54) is 5.75 Å². The van der Waals surface area contributed by atoms with Gasteiger partial charge in [-0.3, -0.25) is 4.31 Å². The molecule has 0 aliphatic carbocycles. The number of alkyl halides is 1. The fourth-order valence-corrected chi connectivity index (χ4v) is 2.14. The molecule has 0 spiro atoms. The summed E-state index contributed by atoms with van der Waals surface area (Å²) in [4.78, 5) is 0. The number of nitrogens with zero attached hydrogens (tertiary/aromatic N) is 1. The van der Waals surface area contributed by atoms with Gasteiger partial charge in [0.05, 0.1) is 0 Å². The molecule has 1 rings (SSSR count). The molecule has 0 saturated carbocycles. The second-order valence-corrected chi connectivity index (χ2v) is 3.65. The lowest BCUT2D eigenvalue weighted by Gasteiger charge is -2.03. The summed E-state index contributed by atoms with van der Waals surface area (Å²) in [7, 11) is 2.11. The van der Waals surface area contributed by atoms with Crippen LogP contribution in [0.1, 0.15) is 0 Å². The van der Waals surface area contributed by atoms with Gasteiger partial charge >= 0.3 is 0 Å². The van der Waals surface area contributed by atoms with E-state index in [0.29, 0.717) is 0 Å². The Balaban J connectivity index is 2.22. The van der Waals surface area contributed by atoms with Crippen LogP contribution >= 0.6 is 23.5 Å². The maximum absolute atomic E-state index is 5.63. The molecule has 1 heterocycles. The summed E-state index contributed by atoms with van der Waals surface area (Å²) in [6.45, 7) is 1.16. The molecule has 0 aromatic heterocycles. The fraction of sp³-hybridized carbons (Fsp3) is 1.00. The number of rotatable bonds is 1. The van der Waals surface area contributed by atoms with Gasteiger partial charge in [0.25, 0.3) is 0 Å². The first-order valence-corrected chi connectivity index (χ1v) is 4.20. The van der Waals surface area contributed by atoms with E-state index >= 15 is 0 Å². The molecule has 1 unspecified atom stereocenters. The van der Waals surface area contributed by atoms with E-state index in [1.54, 1.807) is 0 Å². The van der Waals surface area contributed by atoms with Gasteiger partial charge in [0.2, 0.25) is 0 Å². The Hall–Kier alpha value is 0.600. The molecule has 1 nitrogen and oxygen atoms in total. The third-order valence-corrected chi connectivity index (χ3v) is 2.91. The topological polar surface area (TPSA) is 3.24 Å². The Morgan fingerprint density at radius 3 is 2.88 bits per heavy atom. The smallest absolute Gasteiger partial charge is 0.0272 e. The van der Waals surface area contributed by atoms with Crippen LogP contribution in [0.25, 0.3) is 0 Å². The highest BCUT2D eigenvalue weighted by Crippen LogP contribution is 2.23. The van der Waals surface area contributed by atoms with E-state index in [0.717, 1.165) is 18.3 Å². The number of halogens is 1. The second-order valence-electron chi connectivity index (χ2n) is 2.13. The quantitative estimate of drug-likeness (QED) is 0.412. The summed E-state index contributed by atoms with van der Waals surface area (Å²) in [5, 5.41) is 0. The zero-order valence-corrected chi connectivity index (χ0v) is 6.50. The number of hydrogen-bond donors (Lipinski definition) is 0. The van der Waals surface area contributed by atoms with Crippen molar-refractivity contribution in [2.75, 3.05) is 25.2 Å². The zero-order chi connectivity index (χ0) is 5.98. The minimum absolute atomic E-state index is 0.728. The Bertz CT molecular complexity index is 78.8. The standard InChI is InChI=1S/C5H10ClNS/c1-7-3-5(2-6)4-8-7/h5H,2-4H2,1H3. The predicted molar refractivity (Wildman–Crippen MR) is 39.3 cm³/mol. The van der Waals surface area contributed by atoms with Crippen LogP contribution in [0.2, 0.25) is 0 Å². The summed E-state index contributed by atoms with van der Waals surface area (Å²) in [6, 6.07) is 0. The molecule has 0 amide bonds. The van der Waals surface area contributed by atoms with Crippen LogP contribution in [-0.4, -0.2) is 29.5 Å². The van der Waals surface area contributed by atoms with Crippen molar-refractivity contribution in [2.24, 2.45) is 5.92 Å². The molecule has 1 atom stereocenters.